The molecular weight excluding hydrogens is 359 g/mol. The molecule has 0 aliphatic rings. The van der Waals surface area contributed by atoms with E-state index in [0.29, 0.717) is 19.6 Å². The van der Waals surface area contributed by atoms with Crippen molar-refractivity contribution in [2.45, 2.75) is 56.8 Å². The molecular formula is C14H25IO4. The molecule has 0 N–H and O–H groups in total. The summed E-state index contributed by atoms with van der Waals surface area (Å²) in [6.07, 6.45) is 4.26. The zero-order valence-electron chi connectivity index (χ0n) is 12.1. The number of rotatable bonds is 10. The van der Waals surface area contributed by atoms with Crippen LogP contribution in [0.5, 0.6) is 0 Å². The summed E-state index contributed by atoms with van der Waals surface area (Å²) in [7, 11) is 0. The summed E-state index contributed by atoms with van der Waals surface area (Å²) in [5, 5.41) is 0. The molecule has 0 heterocycles. The second-order valence-electron chi connectivity index (χ2n) is 4.46. The van der Waals surface area contributed by atoms with Gasteiger partial charge in [-0.15, -0.1) is 0 Å². The van der Waals surface area contributed by atoms with Gasteiger partial charge in [-0.1, -0.05) is 56.2 Å². The molecule has 4 nitrogen and oxygen atoms in total. The van der Waals surface area contributed by atoms with Gasteiger partial charge in [0.1, 0.15) is 3.92 Å². The van der Waals surface area contributed by atoms with E-state index in [1.54, 1.807) is 0 Å². The number of ether oxygens (including phenoxy) is 2. The van der Waals surface area contributed by atoms with E-state index in [1.165, 1.54) is 0 Å². The van der Waals surface area contributed by atoms with E-state index in [2.05, 4.69) is 0 Å². The second kappa shape index (κ2) is 11.5. The smallest absolute Gasteiger partial charge is 0.319 e. The molecule has 19 heavy (non-hydrogen) atoms. The fourth-order valence-corrected chi connectivity index (χ4v) is 2.46. The Morgan fingerprint density at radius 1 is 0.947 bits per heavy atom. The SMILES string of the molecule is CCCCOC(=O)C(I)C(CC)C(=O)OCCCC. The minimum atomic E-state index is -0.464. The minimum Gasteiger partial charge on any atom is -0.465 e. The highest BCUT2D eigenvalue weighted by Gasteiger charge is 2.32. The van der Waals surface area contributed by atoms with E-state index < -0.39 is 9.84 Å². The van der Waals surface area contributed by atoms with Gasteiger partial charge in [-0.05, 0) is 19.3 Å². The average molecular weight is 384 g/mol. The summed E-state index contributed by atoms with van der Waals surface area (Å²) >= 11 is 1.98. The molecule has 5 heteroatoms. The minimum absolute atomic E-state index is 0.289. The Hall–Kier alpha value is -0.330. The van der Waals surface area contributed by atoms with E-state index in [1.807, 2.05) is 43.4 Å². The number of hydrogen-bond donors (Lipinski definition) is 0. The van der Waals surface area contributed by atoms with Crippen molar-refractivity contribution in [2.24, 2.45) is 5.92 Å². The summed E-state index contributed by atoms with van der Waals surface area (Å²) in [4.78, 5) is 23.7. The standard InChI is InChI=1S/C14H25IO4/c1-4-7-9-18-13(16)11(6-3)12(15)14(17)19-10-8-5-2/h11-12H,4-10H2,1-3H3. The van der Waals surface area contributed by atoms with Gasteiger partial charge in [-0.25, -0.2) is 0 Å². The van der Waals surface area contributed by atoms with E-state index in [-0.39, 0.29) is 11.9 Å². The first-order valence-electron chi connectivity index (χ1n) is 7.05. The maximum atomic E-state index is 11.9. The number of esters is 2. The van der Waals surface area contributed by atoms with Gasteiger partial charge in [0.2, 0.25) is 0 Å². The fourth-order valence-electron chi connectivity index (χ4n) is 1.48. The molecule has 0 aromatic rings. The van der Waals surface area contributed by atoms with E-state index in [4.69, 9.17) is 9.47 Å². The van der Waals surface area contributed by atoms with Crippen molar-refractivity contribution in [1.29, 1.82) is 0 Å². The molecule has 0 bridgehead atoms. The molecule has 2 atom stereocenters. The number of halogens is 1. The van der Waals surface area contributed by atoms with Gasteiger partial charge in [-0.2, -0.15) is 0 Å². The van der Waals surface area contributed by atoms with Gasteiger partial charge < -0.3 is 9.47 Å². The van der Waals surface area contributed by atoms with Gasteiger partial charge in [0.05, 0.1) is 19.1 Å². The van der Waals surface area contributed by atoms with Crippen LogP contribution in [0.25, 0.3) is 0 Å². The van der Waals surface area contributed by atoms with Crippen molar-refractivity contribution in [1.82, 2.24) is 0 Å². The molecule has 0 amide bonds. The lowest BCUT2D eigenvalue weighted by Crippen LogP contribution is -2.33. The van der Waals surface area contributed by atoms with Crippen LogP contribution in [0.2, 0.25) is 0 Å². The van der Waals surface area contributed by atoms with E-state index in [0.717, 1.165) is 25.7 Å². The number of carbonyl (C=O) groups is 2. The lowest BCUT2D eigenvalue weighted by Gasteiger charge is -2.18. The lowest BCUT2D eigenvalue weighted by atomic mass is 10.0. The van der Waals surface area contributed by atoms with Crippen LogP contribution in [-0.2, 0) is 19.1 Å². The second-order valence-corrected chi connectivity index (χ2v) is 5.80. The molecule has 2 unspecified atom stereocenters. The van der Waals surface area contributed by atoms with Crippen LogP contribution < -0.4 is 0 Å². The Bertz CT molecular complexity index is 268. The predicted molar refractivity (Wildman–Crippen MR) is 83.3 cm³/mol. The molecule has 0 aromatic carbocycles. The molecule has 0 radical (unpaired) electrons. The topological polar surface area (TPSA) is 52.6 Å². The van der Waals surface area contributed by atoms with Gasteiger partial charge in [0, 0.05) is 0 Å². The molecule has 0 fully saturated rings. The third kappa shape index (κ3) is 7.74. The zero-order chi connectivity index (χ0) is 14.7. The Kier molecular flexibility index (Phi) is 11.3. The molecule has 0 spiro atoms. The van der Waals surface area contributed by atoms with Crippen molar-refractivity contribution < 1.29 is 19.1 Å². The van der Waals surface area contributed by atoms with Crippen molar-refractivity contribution in [3.8, 4) is 0 Å². The highest BCUT2D eigenvalue weighted by molar-refractivity contribution is 14.1. The van der Waals surface area contributed by atoms with Crippen LogP contribution in [0, 0.1) is 5.92 Å². The number of unbranched alkanes of at least 4 members (excludes halogenated alkanes) is 2. The lowest BCUT2D eigenvalue weighted by molar-refractivity contribution is -0.154. The Morgan fingerprint density at radius 3 is 1.84 bits per heavy atom. The maximum absolute atomic E-state index is 11.9. The molecule has 0 saturated carbocycles. The molecule has 0 aliphatic carbocycles. The van der Waals surface area contributed by atoms with Crippen molar-refractivity contribution in [3.05, 3.63) is 0 Å². The first kappa shape index (κ1) is 18.7. The Labute approximate surface area is 129 Å². The maximum Gasteiger partial charge on any atom is 0.319 e. The first-order chi connectivity index (χ1) is 9.08. The van der Waals surface area contributed by atoms with Crippen molar-refractivity contribution in [3.63, 3.8) is 0 Å². The van der Waals surface area contributed by atoms with Crippen LogP contribution in [0.3, 0.4) is 0 Å². The van der Waals surface area contributed by atoms with Crippen LogP contribution in [0.1, 0.15) is 52.9 Å². The van der Waals surface area contributed by atoms with Crippen molar-refractivity contribution >= 4 is 34.5 Å². The normalized spacial score (nSPS) is 13.7. The molecule has 0 saturated heterocycles. The summed E-state index contributed by atoms with van der Waals surface area (Å²) in [5.41, 5.74) is 0. The average Bonchev–Trinajstić information content (AvgIpc) is 2.39. The van der Waals surface area contributed by atoms with E-state index >= 15 is 0 Å². The van der Waals surface area contributed by atoms with Gasteiger partial charge >= 0.3 is 11.9 Å². The van der Waals surface area contributed by atoms with Crippen molar-refractivity contribution in [2.75, 3.05) is 13.2 Å². The van der Waals surface area contributed by atoms with Gasteiger partial charge in [0.25, 0.3) is 0 Å². The Balaban J connectivity index is 4.24. The number of hydrogen-bond acceptors (Lipinski definition) is 4. The van der Waals surface area contributed by atoms with Crippen LogP contribution in [0.4, 0.5) is 0 Å². The summed E-state index contributed by atoms with van der Waals surface area (Å²) < 4.78 is 9.87. The highest BCUT2D eigenvalue weighted by Crippen LogP contribution is 2.21. The molecule has 0 rings (SSSR count). The Morgan fingerprint density at radius 2 is 1.42 bits per heavy atom. The zero-order valence-corrected chi connectivity index (χ0v) is 14.3. The highest BCUT2D eigenvalue weighted by atomic mass is 127. The van der Waals surface area contributed by atoms with Crippen LogP contribution in [0.15, 0.2) is 0 Å². The summed E-state index contributed by atoms with van der Waals surface area (Å²) in [5.74, 6) is -1.01. The molecule has 112 valence electrons. The fraction of sp³-hybridized carbons (Fsp3) is 0.857. The third-order valence-electron chi connectivity index (χ3n) is 2.81. The number of alkyl halides is 1. The third-order valence-corrected chi connectivity index (χ3v) is 4.18. The largest absolute Gasteiger partial charge is 0.465 e. The quantitative estimate of drug-likeness (QED) is 0.250. The predicted octanol–water partition coefficient (Wildman–Crippen LogP) is 3.50. The van der Waals surface area contributed by atoms with E-state index in [9.17, 15) is 9.59 Å². The van der Waals surface area contributed by atoms with Gasteiger partial charge in [-0.3, -0.25) is 9.59 Å². The molecule has 0 aromatic heterocycles. The van der Waals surface area contributed by atoms with Crippen LogP contribution in [-0.4, -0.2) is 29.1 Å². The van der Waals surface area contributed by atoms with Gasteiger partial charge in [0.15, 0.2) is 0 Å². The summed E-state index contributed by atoms with van der Waals surface area (Å²) in [6.45, 7) is 6.82. The van der Waals surface area contributed by atoms with Crippen LogP contribution >= 0.6 is 22.6 Å². The monoisotopic (exact) mass is 384 g/mol. The molecule has 0 aliphatic heterocycles. The summed E-state index contributed by atoms with van der Waals surface area (Å²) in [6, 6.07) is 0. The number of carbonyl (C=O) groups excluding carboxylic acids is 2. The first-order valence-corrected chi connectivity index (χ1v) is 8.30.